The van der Waals surface area contributed by atoms with Gasteiger partial charge in [-0.25, -0.2) is 0 Å². The number of hydrogen-bond donors (Lipinski definition) is 2. The van der Waals surface area contributed by atoms with Crippen LogP contribution in [0.4, 0.5) is 5.69 Å². The minimum absolute atomic E-state index is 0.0188. The standard InChI is InChI=1S/C23H24ClN3O5/c1-16-21(23(30)25(10-12-28)11-13-29)14-22(18-4-8-20(9-5-18)27(31)32)26(16)15-17-2-6-19(24)7-3-17/h2-9,14,28-29H,10-13,15H2,1H3. The monoisotopic (exact) mass is 457 g/mol. The maximum absolute atomic E-state index is 13.2. The molecule has 0 bridgehead atoms. The van der Waals surface area contributed by atoms with Gasteiger partial charge in [-0.3, -0.25) is 14.9 Å². The molecule has 2 N–H and O–H groups in total. The average molecular weight is 458 g/mol. The highest BCUT2D eigenvalue weighted by molar-refractivity contribution is 6.30. The molecule has 0 unspecified atom stereocenters. The Balaban J connectivity index is 2.08. The lowest BCUT2D eigenvalue weighted by Gasteiger charge is -2.20. The number of nitro groups is 1. The Morgan fingerprint density at radius 2 is 1.66 bits per heavy atom. The highest BCUT2D eigenvalue weighted by Gasteiger charge is 2.23. The second-order valence-corrected chi connectivity index (χ2v) is 7.72. The molecule has 8 nitrogen and oxygen atoms in total. The number of non-ortho nitro benzene ring substituents is 1. The third-order valence-corrected chi connectivity index (χ3v) is 5.50. The number of halogens is 1. The van der Waals surface area contributed by atoms with E-state index in [1.54, 1.807) is 30.3 Å². The molecule has 0 atom stereocenters. The molecule has 2 aromatic carbocycles. The summed E-state index contributed by atoms with van der Waals surface area (Å²) in [7, 11) is 0. The number of aliphatic hydroxyl groups is 2. The van der Waals surface area contributed by atoms with Gasteiger partial charge in [0.15, 0.2) is 0 Å². The van der Waals surface area contributed by atoms with Crippen LogP contribution in [0, 0.1) is 17.0 Å². The number of hydrogen-bond acceptors (Lipinski definition) is 5. The minimum atomic E-state index is -0.460. The molecule has 0 radical (unpaired) electrons. The van der Waals surface area contributed by atoms with E-state index < -0.39 is 4.92 Å². The van der Waals surface area contributed by atoms with E-state index in [-0.39, 0.29) is 37.9 Å². The molecule has 0 spiro atoms. The van der Waals surface area contributed by atoms with Crippen LogP contribution in [0.5, 0.6) is 0 Å². The van der Waals surface area contributed by atoms with E-state index in [0.29, 0.717) is 22.8 Å². The highest BCUT2D eigenvalue weighted by atomic mass is 35.5. The number of carbonyl (C=O) groups excluding carboxylic acids is 1. The number of amides is 1. The summed E-state index contributed by atoms with van der Waals surface area (Å²) in [6, 6.07) is 15.3. The van der Waals surface area contributed by atoms with Gasteiger partial charge in [0.1, 0.15) is 0 Å². The van der Waals surface area contributed by atoms with Crippen molar-refractivity contribution in [3.05, 3.63) is 86.6 Å². The predicted molar refractivity (Wildman–Crippen MR) is 122 cm³/mol. The van der Waals surface area contributed by atoms with Crippen molar-refractivity contribution in [1.29, 1.82) is 0 Å². The normalized spacial score (nSPS) is 10.9. The van der Waals surface area contributed by atoms with Crippen LogP contribution in [0.2, 0.25) is 5.02 Å². The van der Waals surface area contributed by atoms with Crippen molar-refractivity contribution in [2.75, 3.05) is 26.3 Å². The molecule has 0 aliphatic carbocycles. The van der Waals surface area contributed by atoms with E-state index >= 15 is 0 Å². The van der Waals surface area contributed by atoms with Gasteiger partial charge in [0.2, 0.25) is 0 Å². The Hall–Kier alpha value is -3.20. The number of nitrogens with zero attached hydrogens (tertiary/aromatic N) is 3. The Kier molecular flexibility index (Phi) is 7.63. The number of aliphatic hydroxyl groups excluding tert-OH is 2. The van der Waals surface area contributed by atoms with Crippen molar-refractivity contribution in [3.8, 4) is 11.3 Å². The smallest absolute Gasteiger partial charge is 0.269 e. The van der Waals surface area contributed by atoms with Crippen molar-refractivity contribution >= 4 is 23.2 Å². The van der Waals surface area contributed by atoms with E-state index in [2.05, 4.69) is 0 Å². The first-order chi connectivity index (χ1) is 15.3. The highest BCUT2D eigenvalue weighted by Crippen LogP contribution is 2.29. The van der Waals surface area contributed by atoms with Gasteiger partial charge in [0.25, 0.3) is 11.6 Å². The molecule has 32 heavy (non-hydrogen) atoms. The molecular formula is C23H24ClN3O5. The van der Waals surface area contributed by atoms with E-state index in [4.69, 9.17) is 11.6 Å². The van der Waals surface area contributed by atoms with Gasteiger partial charge < -0.3 is 19.7 Å². The van der Waals surface area contributed by atoms with Crippen molar-refractivity contribution in [2.45, 2.75) is 13.5 Å². The fraction of sp³-hybridized carbons (Fsp3) is 0.261. The van der Waals surface area contributed by atoms with Crippen molar-refractivity contribution < 1.29 is 19.9 Å². The third-order valence-electron chi connectivity index (χ3n) is 5.25. The number of rotatable bonds is 9. The van der Waals surface area contributed by atoms with Gasteiger partial charge >= 0.3 is 0 Å². The number of benzene rings is 2. The van der Waals surface area contributed by atoms with Gasteiger partial charge in [0.05, 0.1) is 23.7 Å². The first-order valence-corrected chi connectivity index (χ1v) is 10.4. The predicted octanol–water partition coefficient (Wildman–Crippen LogP) is 3.50. The number of carbonyl (C=O) groups is 1. The van der Waals surface area contributed by atoms with Gasteiger partial charge in [-0.15, -0.1) is 0 Å². The summed E-state index contributed by atoms with van der Waals surface area (Å²) in [6.45, 7) is 2.07. The van der Waals surface area contributed by atoms with Crippen molar-refractivity contribution in [2.24, 2.45) is 0 Å². The van der Waals surface area contributed by atoms with Crippen LogP contribution in [-0.4, -0.2) is 56.8 Å². The van der Waals surface area contributed by atoms with Gasteiger partial charge in [-0.2, -0.15) is 0 Å². The molecule has 0 saturated carbocycles. The van der Waals surface area contributed by atoms with Gasteiger partial charge in [-0.05, 0) is 48.4 Å². The van der Waals surface area contributed by atoms with E-state index in [9.17, 15) is 25.1 Å². The topological polar surface area (TPSA) is 109 Å². The first-order valence-electron chi connectivity index (χ1n) is 10.1. The van der Waals surface area contributed by atoms with Crippen molar-refractivity contribution in [3.63, 3.8) is 0 Å². The second kappa shape index (κ2) is 10.4. The molecule has 0 fully saturated rings. The minimum Gasteiger partial charge on any atom is -0.395 e. The summed E-state index contributed by atoms with van der Waals surface area (Å²) in [4.78, 5) is 25.1. The van der Waals surface area contributed by atoms with Crippen LogP contribution >= 0.6 is 11.6 Å². The lowest BCUT2D eigenvalue weighted by Crippen LogP contribution is -2.36. The van der Waals surface area contributed by atoms with Crippen LogP contribution in [0.15, 0.2) is 54.6 Å². The molecule has 3 rings (SSSR count). The fourth-order valence-electron chi connectivity index (χ4n) is 3.56. The molecule has 168 valence electrons. The quantitative estimate of drug-likeness (QED) is 0.377. The molecule has 1 heterocycles. The zero-order valence-corrected chi connectivity index (χ0v) is 18.3. The second-order valence-electron chi connectivity index (χ2n) is 7.28. The SMILES string of the molecule is Cc1c(C(=O)N(CCO)CCO)cc(-c2ccc([N+](=O)[O-])cc2)n1Cc1ccc(Cl)cc1. The summed E-state index contributed by atoms with van der Waals surface area (Å²) >= 11 is 6.00. The average Bonchev–Trinajstić information content (AvgIpc) is 3.10. The number of aromatic nitrogens is 1. The summed E-state index contributed by atoms with van der Waals surface area (Å²) < 4.78 is 1.97. The zero-order chi connectivity index (χ0) is 23.3. The van der Waals surface area contributed by atoms with Crippen LogP contribution in [0.3, 0.4) is 0 Å². The maximum atomic E-state index is 13.2. The Morgan fingerprint density at radius 1 is 1.06 bits per heavy atom. The molecule has 0 saturated heterocycles. The fourth-order valence-corrected chi connectivity index (χ4v) is 3.68. The van der Waals surface area contributed by atoms with Gasteiger partial charge in [0, 0.05) is 48.2 Å². The van der Waals surface area contributed by atoms with Gasteiger partial charge in [-0.1, -0.05) is 23.7 Å². The lowest BCUT2D eigenvalue weighted by atomic mass is 10.1. The molecule has 1 amide bonds. The summed E-state index contributed by atoms with van der Waals surface area (Å²) in [5, 5.41) is 30.3. The molecule has 3 aromatic rings. The first kappa shape index (κ1) is 23.5. The lowest BCUT2D eigenvalue weighted by molar-refractivity contribution is -0.384. The Bertz CT molecular complexity index is 1090. The summed E-state index contributed by atoms with van der Waals surface area (Å²) in [5.74, 6) is -0.302. The van der Waals surface area contributed by atoms with E-state index in [1.165, 1.54) is 17.0 Å². The molecule has 0 aliphatic heterocycles. The summed E-state index contributed by atoms with van der Waals surface area (Å²) in [5.41, 5.74) is 3.55. The molecule has 1 aromatic heterocycles. The Morgan fingerprint density at radius 3 is 2.19 bits per heavy atom. The van der Waals surface area contributed by atoms with Crippen LogP contribution < -0.4 is 0 Å². The molecular weight excluding hydrogens is 434 g/mol. The zero-order valence-electron chi connectivity index (χ0n) is 17.6. The summed E-state index contributed by atoms with van der Waals surface area (Å²) in [6.07, 6.45) is 0. The van der Waals surface area contributed by atoms with E-state index in [0.717, 1.165) is 16.8 Å². The largest absolute Gasteiger partial charge is 0.395 e. The third kappa shape index (κ3) is 5.16. The van der Waals surface area contributed by atoms with Crippen LogP contribution in [0.25, 0.3) is 11.3 Å². The van der Waals surface area contributed by atoms with E-state index in [1.807, 2.05) is 23.6 Å². The van der Waals surface area contributed by atoms with Crippen LogP contribution in [0.1, 0.15) is 21.6 Å². The van der Waals surface area contributed by atoms with Crippen LogP contribution in [-0.2, 0) is 6.54 Å². The molecule has 9 heteroatoms. The maximum Gasteiger partial charge on any atom is 0.269 e. The Labute approximate surface area is 190 Å². The molecule has 0 aliphatic rings. The van der Waals surface area contributed by atoms with Crippen molar-refractivity contribution in [1.82, 2.24) is 9.47 Å². The number of nitro benzene ring substituents is 1.